The third kappa shape index (κ3) is 3.49. The first-order valence-electron chi connectivity index (χ1n) is 6.40. The number of nitrogens with zero attached hydrogens (tertiary/aromatic N) is 2. The second-order valence-electron chi connectivity index (χ2n) is 4.50. The number of guanidine groups is 1. The number of carbonyl (C=O) groups excluding carboxylic acids is 1. The Morgan fingerprint density at radius 1 is 1.58 bits per heavy atom. The summed E-state index contributed by atoms with van der Waals surface area (Å²) >= 11 is 0. The standard InChI is InChI=1S/C13H19N3O3/c1-3-18-12(17)11-7-6-10(19-11)8-15-13(14)16(2)9-4-5-9/h6-7,9H,3-5,8H2,1-2H3,(H2,14,15). The number of hydrogen-bond donors (Lipinski definition) is 1. The molecule has 0 unspecified atom stereocenters. The molecule has 1 saturated carbocycles. The Balaban J connectivity index is 1.92. The summed E-state index contributed by atoms with van der Waals surface area (Å²) in [6, 6.07) is 3.82. The van der Waals surface area contributed by atoms with Gasteiger partial charge in [-0.25, -0.2) is 9.79 Å². The van der Waals surface area contributed by atoms with E-state index in [0.29, 0.717) is 30.9 Å². The Morgan fingerprint density at radius 3 is 2.95 bits per heavy atom. The van der Waals surface area contributed by atoms with Crippen LogP contribution in [-0.2, 0) is 11.3 Å². The van der Waals surface area contributed by atoms with Gasteiger partial charge in [-0.1, -0.05) is 0 Å². The van der Waals surface area contributed by atoms with Crippen LogP contribution in [0.15, 0.2) is 21.5 Å². The molecule has 1 aromatic heterocycles. The topological polar surface area (TPSA) is 81.1 Å². The zero-order chi connectivity index (χ0) is 13.8. The quantitative estimate of drug-likeness (QED) is 0.494. The second kappa shape index (κ2) is 5.77. The number of nitrogens with two attached hydrogens (primary N) is 1. The van der Waals surface area contributed by atoms with Gasteiger partial charge >= 0.3 is 5.97 Å². The van der Waals surface area contributed by atoms with Crippen molar-refractivity contribution in [2.75, 3.05) is 13.7 Å². The van der Waals surface area contributed by atoms with E-state index >= 15 is 0 Å². The third-order valence-electron chi connectivity index (χ3n) is 2.99. The maximum atomic E-state index is 11.4. The highest BCUT2D eigenvalue weighted by Gasteiger charge is 2.27. The summed E-state index contributed by atoms with van der Waals surface area (Å²) in [5.41, 5.74) is 5.86. The molecule has 0 atom stereocenters. The molecule has 0 saturated heterocycles. The summed E-state index contributed by atoms with van der Waals surface area (Å²) in [5.74, 6) is 0.828. The van der Waals surface area contributed by atoms with Crippen LogP contribution in [-0.4, -0.2) is 36.5 Å². The van der Waals surface area contributed by atoms with Gasteiger partial charge in [0, 0.05) is 13.1 Å². The minimum absolute atomic E-state index is 0.196. The van der Waals surface area contributed by atoms with Crippen LogP contribution in [0.5, 0.6) is 0 Å². The first kappa shape index (κ1) is 13.5. The smallest absolute Gasteiger partial charge is 0.374 e. The normalized spacial score (nSPS) is 15.4. The van der Waals surface area contributed by atoms with Crippen LogP contribution < -0.4 is 5.73 Å². The molecule has 6 heteroatoms. The monoisotopic (exact) mass is 265 g/mol. The molecule has 2 N–H and O–H groups in total. The van der Waals surface area contributed by atoms with Gasteiger partial charge in [0.05, 0.1) is 6.61 Å². The van der Waals surface area contributed by atoms with Gasteiger partial charge in [-0.2, -0.15) is 0 Å². The number of carbonyl (C=O) groups is 1. The van der Waals surface area contributed by atoms with E-state index in [1.165, 1.54) is 12.8 Å². The SMILES string of the molecule is CCOC(=O)c1ccc(CN=C(N)N(C)C2CC2)o1. The molecule has 1 aliphatic carbocycles. The van der Waals surface area contributed by atoms with E-state index in [9.17, 15) is 4.79 Å². The number of esters is 1. The third-order valence-corrected chi connectivity index (χ3v) is 2.99. The minimum Gasteiger partial charge on any atom is -0.460 e. The van der Waals surface area contributed by atoms with Gasteiger partial charge in [-0.3, -0.25) is 0 Å². The first-order valence-corrected chi connectivity index (χ1v) is 6.40. The molecule has 0 bridgehead atoms. The van der Waals surface area contributed by atoms with Crippen LogP contribution in [0.25, 0.3) is 0 Å². The summed E-state index contributed by atoms with van der Waals surface area (Å²) in [6.45, 7) is 2.40. The molecule has 0 aliphatic heterocycles. The van der Waals surface area contributed by atoms with Crippen molar-refractivity contribution in [3.05, 3.63) is 23.7 Å². The van der Waals surface area contributed by atoms with Crippen LogP contribution >= 0.6 is 0 Å². The van der Waals surface area contributed by atoms with E-state index in [1.54, 1.807) is 19.1 Å². The van der Waals surface area contributed by atoms with Gasteiger partial charge in [-0.15, -0.1) is 0 Å². The maximum Gasteiger partial charge on any atom is 0.374 e. The average Bonchev–Trinajstić information content (AvgIpc) is 3.14. The van der Waals surface area contributed by atoms with E-state index in [-0.39, 0.29) is 5.76 Å². The van der Waals surface area contributed by atoms with E-state index in [2.05, 4.69) is 4.99 Å². The molecular weight excluding hydrogens is 246 g/mol. The summed E-state index contributed by atoms with van der Waals surface area (Å²) in [4.78, 5) is 17.6. The zero-order valence-corrected chi connectivity index (χ0v) is 11.3. The number of aliphatic imine (C=N–C) groups is 1. The summed E-state index contributed by atoms with van der Waals surface area (Å²) in [6.07, 6.45) is 2.33. The summed E-state index contributed by atoms with van der Waals surface area (Å²) in [5, 5.41) is 0. The number of ether oxygens (including phenoxy) is 1. The minimum atomic E-state index is -0.458. The van der Waals surface area contributed by atoms with Gasteiger partial charge in [-0.05, 0) is 31.9 Å². The van der Waals surface area contributed by atoms with Gasteiger partial charge < -0.3 is 19.8 Å². The lowest BCUT2D eigenvalue weighted by Crippen LogP contribution is -2.35. The van der Waals surface area contributed by atoms with Crippen molar-refractivity contribution < 1.29 is 13.9 Å². The fraction of sp³-hybridized carbons (Fsp3) is 0.538. The van der Waals surface area contributed by atoms with Gasteiger partial charge in [0.2, 0.25) is 5.76 Å². The fourth-order valence-electron chi connectivity index (χ4n) is 1.69. The largest absolute Gasteiger partial charge is 0.460 e. The van der Waals surface area contributed by atoms with E-state index in [1.807, 2.05) is 11.9 Å². The van der Waals surface area contributed by atoms with Gasteiger partial charge in [0.15, 0.2) is 5.96 Å². The number of rotatable bonds is 5. The molecule has 1 aliphatic rings. The van der Waals surface area contributed by atoms with Gasteiger partial charge in [0.25, 0.3) is 0 Å². The molecule has 1 heterocycles. The lowest BCUT2D eigenvalue weighted by atomic mass is 10.4. The number of furan rings is 1. The lowest BCUT2D eigenvalue weighted by molar-refractivity contribution is 0.0488. The fourth-order valence-corrected chi connectivity index (χ4v) is 1.69. The van der Waals surface area contributed by atoms with Crippen molar-refractivity contribution in [2.45, 2.75) is 32.4 Å². The van der Waals surface area contributed by atoms with Crippen LogP contribution in [0.4, 0.5) is 0 Å². The molecular formula is C13H19N3O3. The Morgan fingerprint density at radius 2 is 2.32 bits per heavy atom. The van der Waals surface area contributed by atoms with Crippen molar-refractivity contribution in [1.29, 1.82) is 0 Å². The first-order chi connectivity index (χ1) is 9.11. The summed E-state index contributed by atoms with van der Waals surface area (Å²) < 4.78 is 10.2. The highest BCUT2D eigenvalue weighted by molar-refractivity contribution is 5.86. The van der Waals surface area contributed by atoms with Crippen molar-refractivity contribution in [1.82, 2.24) is 4.90 Å². The molecule has 0 aromatic carbocycles. The van der Waals surface area contributed by atoms with Crippen LogP contribution in [0.1, 0.15) is 36.1 Å². The van der Waals surface area contributed by atoms with Crippen molar-refractivity contribution >= 4 is 11.9 Å². The van der Waals surface area contributed by atoms with Crippen molar-refractivity contribution in [3.8, 4) is 0 Å². The Bertz CT molecular complexity index is 477. The molecule has 104 valence electrons. The van der Waals surface area contributed by atoms with E-state index in [4.69, 9.17) is 14.9 Å². The van der Waals surface area contributed by atoms with Crippen LogP contribution in [0, 0.1) is 0 Å². The predicted molar refractivity (Wildman–Crippen MR) is 70.8 cm³/mol. The van der Waals surface area contributed by atoms with Gasteiger partial charge in [0.1, 0.15) is 12.3 Å². The Kier molecular flexibility index (Phi) is 4.09. The highest BCUT2D eigenvalue weighted by atomic mass is 16.5. The molecule has 19 heavy (non-hydrogen) atoms. The van der Waals surface area contributed by atoms with E-state index in [0.717, 1.165) is 0 Å². The van der Waals surface area contributed by atoms with Crippen molar-refractivity contribution in [3.63, 3.8) is 0 Å². The molecule has 2 rings (SSSR count). The maximum absolute atomic E-state index is 11.4. The molecule has 1 aromatic rings. The average molecular weight is 265 g/mol. The zero-order valence-electron chi connectivity index (χ0n) is 11.3. The molecule has 0 amide bonds. The summed E-state index contributed by atoms with van der Waals surface area (Å²) in [7, 11) is 1.93. The van der Waals surface area contributed by atoms with Crippen LogP contribution in [0.2, 0.25) is 0 Å². The highest BCUT2D eigenvalue weighted by Crippen LogP contribution is 2.25. The van der Waals surface area contributed by atoms with Crippen LogP contribution in [0.3, 0.4) is 0 Å². The van der Waals surface area contributed by atoms with E-state index < -0.39 is 5.97 Å². The number of hydrogen-bond acceptors (Lipinski definition) is 4. The molecule has 1 fully saturated rings. The Hall–Kier alpha value is -1.98. The predicted octanol–water partition coefficient (Wildman–Crippen LogP) is 1.37. The van der Waals surface area contributed by atoms with Crippen molar-refractivity contribution in [2.24, 2.45) is 10.7 Å². The molecule has 0 spiro atoms. The molecule has 6 nitrogen and oxygen atoms in total. The Labute approximate surface area is 112 Å². The second-order valence-corrected chi connectivity index (χ2v) is 4.50. The lowest BCUT2D eigenvalue weighted by Gasteiger charge is -2.16. The molecule has 0 radical (unpaired) electrons.